The molecule has 1 amide bonds. The summed E-state index contributed by atoms with van der Waals surface area (Å²) in [5.74, 6) is 0.0575. The molecule has 0 aromatic carbocycles. The van der Waals surface area contributed by atoms with Crippen molar-refractivity contribution in [2.24, 2.45) is 0 Å². The van der Waals surface area contributed by atoms with Gasteiger partial charge >= 0.3 is 0 Å². The van der Waals surface area contributed by atoms with E-state index in [0.717, 1.165) is 25.9 Å². The third-order valence-electron chi connectivity index (χ3n) is 2.95. The fourth-order valence-corrected chi connectivity index (χ4v) is 2.72. The zero-order valence-corrected chi connectivity index (χ0v) is 10.1. The van der Waals surface area contributed by atoms with Crippen molar-refractivity contribution in [2.75, 3.05) is 25.9 Å². The Bertz CT molecular complexity index is 370. The van der Waals surface area contributed by atoms with Gasteiger partial charge in [0, 0.05) is 20.2 Å². The lowest BCUT2D eigenvalue weighted by Crippen LogP contribution is -2.40. The summed E-state index contributed by atoms with van der Waals surface area (Å²) in [5.41, 5.74) is 6.33. The number of anilines is 1. The Morgan fingerprint density at radius 3 is 2.75 bits per heavy atom. The number of hydrogen-bond acceptors (Lipinski definition) is 4. The minimum Gasteiger partial charge on any atom is -0.397 e. The number of piperidine rings is 1. The summed E-state index contributed by atoms with van der Waals surface area (Å²) in [6.45, 7) is 1.52. The number of thiophene rings is 1. The maximum atomic E-state index is 12.1. The zero-order chi connectivity index (χ0) is 11.5. The van der Waals surface area contributed by atoms with Crippen molar-refractivity contribution in [2.45, 2.75) is 18.9 Å². The molecule has 1 aromatic heterocycles. The minimum atomic E-state index is 0.0575. The molecule has 0 bridgehead atoms. The molecule has 0 unspecified atom stereocenters. The molecule has 0 atom stereocenters. The van der Waals surface area contributed by atoms with Crippen LogP contribution >= 0.6 is 11.3 Å². The van der Waals surface area contributed by atoms with Crippen LogP contribution in [0.5, 0.6) is 0 Å². The van der Waals surface area contributed by atoms with Crippen LogP contribution in [-0.4, -0.2) is 37.1 Å². The molecule has 2 heterocycles. The van der Waals surface area contributed by atoms with E-state index in [0.29, 0.717) is 16.7 Å². The first-order chi connectivity index (χ1) is 7.72. The number of nitrogens with two attached hydrogens (primary N) is 1. The highest BCUT2D eigenvalue weighted by Crippen LogP contribution is 2.23. The van der Waals surface area contributed by atoms with Crippen molar-refractivity contribution in [3.63, 3.8) is 0 Å². The number of carbonyl (C=O) groups is 1. The molecule has 1 aliphatic rings. The highest BCUT2D eigenvalue weighted by atomic mass is 32.1. The SMILES string of the molecule is COC1CCN(C(=O)c2sccc2N)CC1. The number of methoxy groups -OCH3 is 1. The van der Waals surface area contributed by atoms with Gasteiger partial charge in [-0.3, -0.25) is 4.79 Å². The Morgan fingerprint density at radius 1 is 1.56 bits per heavy atom. The molecule has 0 saturated carbocycles. The van der Waals surface area contributed by atoms with E-state index in [-0.39, 0.29) is 5.91 Å². The van der Waals surface area contributed by atoms with Crippen molar-refractivity contribution < 1.29 is 9.53 Å². The van der Waals surface area contributed by atoms with E-state index in [4.69, 9.17) is 10.5 Å². The minimum absolute atomic E-state index is 0.0575. The summed E-state index contributed by atoms with van der Waals surface area (Å²) in [6.07, 6.45) is 2.12. The van der Waals surface area contributed by atoms with Crippen LogP contribution < -0.4 is 5.73 Å². The smallest absolute Gasteiger partial charge is 0.266 e. The van der Waals surface area contributed by atoms with Crippen molar-refractivity contribution in [1.29, 1.82) is 0 Å². The van der Waals surface area contributed by atoms with Crippen LogP contribution in [0.1, 0.15) is 22.5 Å². The number of amides is 1. The van der Waals surface area contributed by atoms with E-state index in [1.165, 1.54) is 11.3 Å². The van der Waals surface area contributed by atoms with Crippen LogP contribution in [0.15, 0.2) is 11.4 Å². The van der Waals surface area contributed by atoms with Gasteiger partial charge in [0.25, 0.3) is 5.91 Å². The normalized spacial score (nSPS) is 17.7. The summed E-state index contributed by atoms with van der Waals surface area (Å²) in [6, 6.07) is 1.78. The van der Waals surface area contributed by atoms with Gasteiger partial charge in [-0.15, -0.1) is 11.3 Å². The number of carbonyl (C=O) groups excluding carboxylic acids is 1. The maximum Gasteiger partial charge on any atom is 0.266 e. The Kier molecular flexibility index (Phi) is 3.46. The number of nitrogens with zero attached hydrogens (tertiary/aromatic N) is 1. The number of nitrogen functional groups attached to an aromatic ring is 1. The number of ether oxygens (including phenoxy) is 1. The van der Waals surface area contributed by atoms with E-state index < -0.39 is 0 Å². The van der Waals surface area contributed by atoms with Crippen LogP contribution in [0, 0.1) is 0 Å². The summed E-state index contributed by atoms with van der Waals surface area (Å²) in [4.78, 5) is 14.6. The molecule has 0 spiro atoms. The largest absolute Gasteiger partial charge is 0.397 e. The molecule has 1 aliphatic heterocycles. The third-order valence-corrected chi connectivity index (χ3v) is 3.87. The molecule has 0 aliphatic carbocycles. The Labute approximate surface area is 99.0 Å². The predicted octanol–water partition coefficient (Wildman–Crippen LogP) is 1.58. The first kappa shape index (κ1) is 11.4. The summed E-state index contributed by atoms with van der Waals surface area (Å²) in [7, 11) is 1.72. The van der Waals surface area contributed by atoms with Gasteiger partial charge in [0.05, 0.1) is 11.8 Å². The van der Waals surface area contributed by atoms with Crippen LogP contribution in [0.25, 0.3) is 0 Å². The third kappa shape index (κ3) is 2.20. The fraction of sp³-hybridized carbons (Fsp3) is 0.545. The standard InChI is InChI=1S/C11H16N2O2S/c1-15-8-2-5-13(6-3-8)11(14)10-9(12)4-7-16-10/h4,7-8H,2-3,5-6,12H2,1H3. The van der Waals surface area contributed by atoms with E-state index >= 15 is 0 Å². The van der Waals surface area contributed by atoms with Crippen LogP contribution in [0.3, 0.4) is 0 Å². The molecule has 1 fully saturated rings. The molecule has 1 saturated heterocycles. The van der Waals surface area contributed by atoms with Gasteiger partial charge in [0.1, 0.15) is 4.88 Å². The van der Waals surface area contributed by atoms with Gasteiger partial charge in [-0.1, -0.05) is 0 Å². The second-order valence-electron chi connectivity index (χ2n) is 3.93. The topological polar surface area (TPSA) is 55.6 Å². The molecule has 16 heavy (non-hydrogen) atoms. The highest BCUT2D eigenvalue weighted by molar-refractivity contribution is 7.12. The fourth-order valence-electron chi connectivity index (χ4n) is 1.93. The summed E-state index contributed by atoms with van der Waals surface area (Å²) in [5, 5.41) is 1.85. The summed E-state index contributed by atoms with van der Waals surface area (Å²) >= 11 is 1.41. The van der Waals surface area contributed by atoms with Crippen LogP contribution in [0.4, 0.5) is 5.69 Å². The molecule has 88 valence electrons. The van der Waals surface area contributed by atoms with Crippen molar-refractivity contribution in [3.05, 3.63) is 16.3 Å². The van der Waals surface area contributed by atoms with Gasteiger partial charge in [-0.2, -0.15) is 0 Å². The Hall–Kier alpha value is -1.07. The van der Waals surface area contributed by atoms with Crippen LogP contribution in [-0.2, 0) is 4.74 Å². The lowest BCUT2D eigenvalue weighted by atomic mass is 10.1. The van der Waals surface area contributed by atoms with Gasteiger partial charge in [0.2, 0.25) is 0 Å². The molecular weight excluding hydrogens is 224 g/mol. The van der Waals surface area contributed by atoms with E-state index in [9.17, 15) is 4.79 Å². The van der Waals surface area contributed by atoms with E-state index in [2.05, 4.69) is 0 Å². The zero-order valence-electron chi connectivity index (χ0n) is 9.31. The lowest BCUT2D eigenvalue weighted by molar-refractivity contribution is 0.0354. The molecule has 4 nitrogen and oxygen atoms in total. The first-order valence-corrected chi connectivity index (χ1v) is 6.25. The van der Waals surface area contributed by atoms with Crippen molar-refractivity contribution in [3.8, 4) is 0 Å². The molecule has 5 heteroatoms. The number of hydrogen-bond donors (Lipinski definition) is 1. The monoisotopic (exact) mass is 240 g/mol. The Balaban J connectivity index is 2.00. The Morgan fingerprint density at radius 2 is 2.25 bits per heavy atom. The molecule has 1 aromatic rings. The number of rotatable bonds is 2. The van der Waals surface area contributed by atoms with Crippen molar-refractivity contribution in [1.82, 2.24) is 4.90 Å². The molecule has 0 radical (unpaired) electrons. The van der Waals surface area contributed by atoms with E-state index in [1.807, 2.05) is 10.3 Å². The molecular formula is C11H16N2O2S. The molecule has 2 N–H and O–H groups in total. The van der Waals surface area contributed by atoms with Gasteiger partial charge in [-0.25, -0.2) is 0 Å². The second-order valence-corrected chi connectivity index (χ2v) is 4.85. The summed E-state index contributed by atoms with van der Waals surface area (Å²) < 4.78 is 5.27. The second kappa shape index (κ2) is 4.84. The highest BCUT2D eigenvalue weighted by Gasteiger charge is 2.24. The van der Waals surface area contributed by atoms with Gasteiger partial charge in [-0.05, 0) is 24.3 Å². The predicted molar refractivity (Wildman–Crippen MR) is 64.7 cm³/mol. The number of likely N-dealkylation sites (tertiary alicyclic amines) is 1. The first-order valence-electron chi connectivity index (χ1n) is 5.37. The molecule has 2 rings (SSSR count). The van der Waals surface area contributed by atoms with Gasteiger partial charge < -0.3 is 15.4 Å². The lowest BCUT2D eigenvalue weighted by Gasteiger charge is -2.31. The van der Waals surface area contributed by atoms with Crippen LogP contribution in [0.2, 0.25) is 0 Å². The maximum absolute atomic E-state index is 12.1. The van der Waals surface area contributed by atoms with E-state index in [1.54, 1.807) is 13.2 Å². The quantitative estimate of drug-likeness (QED) is 0.854. The average molecular weight is 240 g/mol. The van der Waals surface area contributed by atoms with Crippen molar-refractivity contribution >= 4 is 22.9 Å². The van der Waals surface area contributed by atoms with Gasteiger partial charge in [0.15, 0.2) is 0 Å². The average Bonchev–Trinajstić information content (AvgIpc) is 2.75.